The normalized spacial score (nSPS) is 18.1. The van der Waals surface area contributed by atoms with Gasteiger partial charge in [-0.2, -0.15) is 0 Å². The van der Waals surface area contributed by atoms with Gasteiger partial charge in [-0.05, 0) is 49.3 Å². The first-order valence-electron chi connectivity index (χ1n) is 8.40. The first-order valence-corrected chi connectivity index (χ1v) is 8.40. The molecule has 23 heavy (non-hydrogen) atoms. The van der Waals surface area contributed by atoms with E-state index < -0.39 is 11.9 Å². The number of nitrogens with two attached hydrogens (primary N) is 1. The molecule has 1 amide bonds. The second-order valence-corrected chi connectivity index (χ2v) is 6.59. The van der Waals surface area contributed by atoms with Gasteiger partial charge in [-0.15, -0.1) is 0 Å². The minimum absolute atomic E-state index is 0.108. The van der Waals surface area contributed by atoms with Gasteiger partial charge in [0, 0.05) is 0 Å². The molecule has 3 unspecified atom stereocenters. The van der Waals surface area contributed by atoms with Gasteiger partial charge in [0.1, 0.15) is 0 Å². The van der Waals surface area contributed by atoms with Crippen LogP contribution in [0.15, 0.2) is 18.2 Å². The molecule has 0 radical (unpaired) electrons. The predicted molar refractivity (Wildman–Crippen MR) is 88.6 cm³/mol. The molecule has 1 aromatic rings. The van der Waals surface area contributed by atoms with Gasteiger partial charge in [-0.1, -0.05) is 26.3 Å². The molecule has 0 saturated heterocycles. The molecular weight excluding hydrogens is 295 g/mol. The van der Waals surface area contributed by atoms with Crippen LogP contribution in [0, 0.1) is 17.7 Å². The predicted octanol–water partition coefficient (Wildman–Crippen LogP) is 3.17. The molecule has 1 saturated carbocycles. The van der Waals surface area contributed by atoms with Gasteiger partial charge in [-0.25, -0.2) is 4.39 Å². The van der Waals surface area contributed by atoms with Crippen molar-refractivity contribution in [2.45, 2.75) is 52.1 Å². The van der Waals surface area contributed by atoms with Crippen LogP contribution in [0.2, 0.25) is 0 Å². The third-order valence-electron chi connectivity index (χ3n) is 4.55. The number of amides is 1. The molecule has 4 nitrogen and oxygen atoms in total. The lowest BCUT2D eigenvalue weighted by Crippen LogP contribution is -2.45. The largest absolute Gasteiger partial charge is 0.490 e. The fraction of sp³-hybridized carbons (Fsp3) is 0.611. The Labute approximate surface area is 137 Å². The summed E-state index contributed by atoms with van der Waals surface area (Å²) in [6, 6.07) is 3.98. The van der Waals surface area contributed by atoms with Crippen molar-refractivity contribution in [1.82, 2.24) is 5.32 Å². The standard InChI is InChI=1S/C18H27FN2O2/c1-4-11(2)17(20)18(22)21-12(3)14-7-8-16(15(19)9-14)23-10-13-5-6-13/h7-9,11-13,17H,4-6,10,20H2,1-3H3,(H,21,22). The number of carbonyl (C=O) groups excluding carboxylic acids is 1. The zero-order valence-corrected chi connectivity index (χ0v) is 14.1. The summed E-state index contributed by atoms with van der Waals surface area (Å²) in [6.07, 6.45) is 3.17. The minimum Gasteiger partial charge on any atom is -0.490 e. The molecule has 1 aliphatic carbocycles. The van der Waals surface area contributed by atoms with Crippen molar-refractivity contribution in [3.8, 4) is 5.75 Å². The van der Waals surface area contributed by atoms with Crippen molar-refractivity contribution < 1.29 is 13.9 Å². The Morgan fingerprint density at radius 1 is 1.43 bits per heavy atom. The van der Waals surface area contributed by atoms with Crippen molar-refractivity contribution in [1.29, 1.82) is 0 Å². The van der Waals surface area contributed by atoms with E-state index in [1.165, 1.54) is 18.9 Å². The van der Waals surface area contributed by atoms with Gasteiger partial charge in [0.25, 0.3) is 0 Å². The van der Waals surface area contributed by atoms with Crippen LogP contribution in [0.4, 0.5) is 4.39 Å². The van der Waals surface area contributed by atoms with Gasteiger partial charge < -0.3 is 15.8 Å². The third kappa shape index (κ3) is 4.93. The van der Waals surface area contributed by atoms with Gasteiger partial charge in [0.2, 0.25) is 5.91 Å². The van der Waals surface area contributed by atoms with Gasteiger partial charge >= 0.3 is 0 Å². The Balaban J connectivity index is 1.94. The number of ether oxygens (including phenoxy) is 1. The Morgan fingerprint density at radius 3 is 2.70 bits per heavy atom. The number of rotatable bonds is 8. The summed E-state index contributed by atoms with van der Waals surface area (Å²) in [5.74, 6) is 0.360. The average molecular weight is 322 g/mol. The highest BCUT2D eigenvalue weighted by atomic mass is 19.1. The maximum absolute atomic E-state index is 14.1. The van der Waals surface area contributed by atoms with E-state index in [1.807, 2.05) is 20.8 Å². The lowest BCUT2D eigenvalue weighted by atomic mass is 9.98. The molecule has 5 heteroatoms. The number of benzene rings is 1. The number of carbonyl (C=O) groups is 1. The molecule has 0 bridgehead atoms. The zero-order chi connectivity index (χ0) is 17.0. The highest BCUT2D eigenvalue weighted by Crippen LogP contribution is 2.30. The molecule has 1 aromatic carbocycles. The highest BCUT2D eigenvalue weighted by molar-refractivity contribution is 5.82. The first kappa shape index (κ1) is 17.7. The topological polar surface area (TPSA) is 64.4 Å². The summed E-state index contributed by atoms with van der Waals surface area (Å²) in [6.45, 7) is 6.34. The maximum atomic E-state index is 14.1. The molecule has 3 atom stereocenters. The second kappa shape index (κ2) is 7.77. The zero-order valence-electron chi connectivity index (χ0n) is 14.1. The third-order valence-corrected chi connectivity index (χ3v) is 4.55. The van der Waals surface area contributed by atoms with Crippen molar-refractivity contribution in [2.75, 3.05) is 6.61 Å². The van der Waals surface area contributed by atoms with E-state index >= 15 is 0 Å². The van der Waals surface area contributed by atoms with Gasteiger partial charge in [-0.3, -0.25) is 4.79 Å². The lowest BCUT2D eigenvalue weighted by Gasteiger charge is -2.21. The van der Waals surface area contributed by atoms with Crippen LogP contribution in [0.5, 0.6) is 5.75 Å². The van der Waals surface area contributed by atoms with E-state index in [2.05, 4.69) is 5.32 Å². The quantitative estimate of drug-likeness (QED) is 0.772. The van der Waals surface area contributed by atoms with Crippen LogP contribution in [0.1, 0.15) is 51.6 Å². The smallest absolute Gasteiger partial charge is 0.237 e. The van der Waals surface area contributed by atoms with Crippen LogP contribution >= 0.6 is 0 Å². The second-order valence-electron chi connectivity index (χ2n) is 6.59. The molecule has 1 aliphatic rings. The number of halogens is 1. The molecule has 0 aromatic heterocycles. The average Bonchev–Trinajstić information content (AvgIpc) is 3.36. The van der Waals surface area contributed by atoms with E-state index in [0.717, 1.165) is 6.42 Å². The van der Waals surface area contributed by atoms with E-state index in [0.29, 0.717) is 18.1 Å². The minimum atomic E-state index is -0.548. The van der Waals surface area contributed by atoms with Gasteiger partial charge in [0.05, 0.1) is 18.7 Å². The van der Waals surface area contributed by atoms with Crippen molar-refractivity contribution in [2.24, 2.45) is 17.6 Å². The Hall–Kier alpha value is -1.62. The van der Waals surface area contributed by atoms with E-state index in [4.69, 9.17) is 10.5 Å². The molecule has 3 N–H and O–H groups in total. The van der Waals surface area contributed by atoms with E-state index in [1.54, 1.807) is 12.1 Å². The van der Waals surface area contributed by atoms with Crippen LogP contribution in [-0.4, -0.2) is 18.6 Å². The Bertz CT molecular complexity index is 546. The summed E-state index contributed by atoms with van der Waals surface area (Å²) in [5, 5.41) is 2.85. The van der Waals surface area contributed by atoms with Crippen LogP contribution < -0.4 is 15.8 Å². The Kier molecular flexibility index (Phi) is 5.99. The van der Waals surface area contributed by atoms with Crippen LogP contribution in [0.25, 0.3) is 0 Å². The first-order chi connectivity index (χ1) is 10.9. The van der Waals surface area contributed by atoms with Crippen LogP contribution in [0.3, 0.4) is 0 Å². The SMILES string of the molecule is CCC(C)C(N)C(=O)NC(C)c1ccc(OCC2CC2)c(F)c1. The number of hydrogen-bond acceptors (Lipinski definition) is 3. The fourth-order valence-corrected chi connectivity index (χ4v) is 2.30. The van der Waals surface area contributed by atoms with Crippen molar-refractivity contribution in [3.63, 3.8) is 0 Å². The summed E-state index contributed by atoms with van der Waals surface area (Å²) >= 11 is 0. The molecule has 1 fully saturated rings. The van der Waals surface area contributed by atoms with E-state index in [9.17, 15) is 9.18 Å². The van der Waals surface area contributed by atoms with Crippen molar-refractivity contribution >= 4 is 5.91 Å². The van der Waals surface area contributed by atoms with Crippen LogP contribution in [-0.2, 0) is 4.79 Å². The lowest BCUT2D eigenvalue weighted by molar-refractivity contribution is -0.124. The molecular formula is C18H27FN2O2. The monoisotopic (exact) mass is 322 g/mol. The fourth-order valence-electron chi connectivity index (χ4n) is 2.30. The number of hydrogen-bond donors (Lipinski definition) is 2. The molecule has 0 aliphatic heterocycles. The van der Waals surface area contributed by atoms with Crippen molar-refractivity contribution in [3.05, 3.63) is 29.6 Å². The molecule has 0 heterocycles. The summed E-state index contributed by atoms with van der Waals surface area (Å²) in [5.41, 5.74) is 6.62. The number of nitrogens with one attached hydrogen (secondary N) is 1. The van der Waals surface area contributed by atoms with Gasteiger partial charge in [0.15, 0.2) is 11.6 Å². The summed E-state index contributed by atoms with van der Waals surface area (Å²) in [4.78, 5) is 12.1. The van der Waals surface area contributed by atoms with E-state index in [-0.39, 0.29) is 23.6 Å². The highest BCUT2D eigenvalue weighted by Gasteiger charge is 2.23. The molecule has 0 spiro atoms. The summed E-state index contributed by atoms with van der Waals surface area (Å²) < 4.78 is 19.6. The Morgan fingerprint density at radius 2 is 2.13 bits per heavy atom. The summed E-state index contributed by atoms with van der Waals surface area (Å²) in [7, 11) is 0. The molecule has 128 valence electrons. The molecule has 2 rings (SSSR count). The maximum Gasteiger partial charge on any atom is 0.237 e.